The van der Waals surface area contributed by atoms with Gasteiger partial charge in [0.05, 0.1) is 12.1 Å². The lowest BCUT2D eigenvalue weighted by molar-refractivity contribution is 0.0947. The van der Waals surface area contributed by atoms with Crippen molar-refractivity contribution < 1.29 is 9.53 Å². The first-order valence-corrected chi connectivity index (χ1v) is 5.75. The molecule has 1 aliphatic carbocycles. The Morgan fingerprint density at radius 3 is 2.93 bits per heavy atom. The highest BCUT2D eigenvalue weighted by Crippen LogP contribution is 2.42. The van der Waals surface area contributed by atoms with Gasteiger partial charge in [-0.2, -0.15) is 0 Å². The molecule has 0 atom stereocenters. The van der Waals surface area contributed by atoms with Crippen LogP contribution >= 0.6 is 15.9 Å². The molecule has 4 heteroatoms. The van der Waals surface area contributed by atoms with Crippen LogP contribution in [0.1, 0.15) is 23.2 Å². The molecule has 0 aromatic heterocycles. The number of amides is 1. The lowest BCUT2D eigenvalue weighted by Crippen LogP contribution is -2.33. The van der Waals surface area contributed by atoms with E-state index in [1.807, 2.05) is 12.1 Å². The van der Waals surface area contributed by atoms with Gasteiger partial charge in [0.1, 0.15) is 11.4 Å². The van der Waals surface area contributed by atoms with E-state index < -0.39 is 0 Å². The van der Waals surface area contributed by atoms with E-state index in [9.17, 15) is 4.79 Å². The molecule has 78 valence electrons. The Morgan fingerprint density at radius 1 is 1.40 bits per heavy atom. The molecule has 1 fully saturated rings. The summed E-state index contributed by atoms with van der Waals surface area (Å²) in [5, 5.41) is 2.89. The number of ether oxygens (including phenoxy) is 1. The van der Waals surface area contributed by atoms with Gasteiger partial charge in [0, 0.05) is 4.47 Å². The van der Waals surface area contributed by atoms with E-state index in [0.29, 0.717) is 17.9 Å². The zero-order valence-corrected chi connectivity index (χ0v) is 9.63. The molecule has 1 N–H and O–H groups in total. The number of fused-ring (bicyclic) bond motifs is 1. The molecule has 1 saturated carbocycles. The Morgan fingerprint density at radius 2 is 2.20 bits per heavy atom. The van der Waals surface area contributed by atoms with Crippen LogP contribution in [0.25, 0.3) is 0 Å². The third kappa shape index (κ3) is 1.53. The smallest absolute Gasteiger partial charge is 0.255 e. The largest absolute Gasteiger partial charge is 0.485 e. The standard InChI is InChI=1S/C11H10BrNO2/c12-7-1-2-8-9(5-7)15-11(3-4-11)6-13-10(8)14/h1-2,5H,3-4,6H2,(H,13,14). The number of carbonyl (C=O) groups excluding carboxylic acids is 1. The van der Waals surface area contributed by atoms with Gasteiger partial charge in [-0.3, -0.25) is 4.79 Å². The maximum absolute atomic E-state index is 11.7. The molecule has 0 saturated heterocycles. The molecule has 15 heavy (non-hydrogen) atoms. The topological polar surface area (TPSA) is 38.3 Å². The van der Waals surface area contributed by atoms with Crippen LogP contribution in [-0.2, 0) is 0 Å². The van der Waals surface area contributed by atoms with Crippen molar-refractivity contribution in [1.82, 2.24) is 5.32 Å². The number of halogens is 1. The summed E-state index contributed by atoms with van der Waals surface area (Å²) in [7, 11) is 0. The first kappa shape index (κ1) is 9.21. The van der Waals surface area contributed by atoms with Crippen LogP contribution in [0.4, 0.5) is 0 Å². The lowest BCUT2D eigenvalue weighted by Gasteiger charge is -2.14. The van der Waals surface area contributed by atoms with Gasteiger partial charge in [-0.25, -0.2) is 0 Å². The minimum atomic E-state index is -0.123. The van der Waals surface area contributed by atoms with E-state index >= 15 is 0 Å². The van der Waals surface area contributed by atoms with E-state index in [0.717, 1.165) is 17.3 Å². The summed E-state index contributed by atoms with van der Waals surface area (Å²) >= 11 is 3.38. The van der Waals surface area contributed by atoms with Crippen LogP contribution in [0.5, 0.6) is 5.75 Å². The van der Waals surface area contributed by atoms with Gasteiger partial charge in [-0.15, -0.1) is 0 Å². The Hall–Kier alpha value is -1.03. The zero-order chi connectivity index (χ0) is 10.5. The maximum atomic E-state index is 11.7. The minimum absolute atomic E-state index is 0.0405. The summed E-state index contributed by atoms with van der Waals surface area (Å²) in [5.74, 6) is 0.651. The van der Waals surface area contributed by atoms with E-state index in [4.69, 9.17) is 4.74 Å². The highest BCUT2D eigenvalue weighted by Gasteiger charge is 2.47. The summed E-state index contributed by atoms with van der Waals surface area (Å²) in [4.78, 5) is 11.7. The average molecular weight is 268 g/mol. The molecule has 2 aliphatic rings. The summed E-state index contributed by atoms with van der Waals surface area (Å²) in [6, 6.07) is 5.50. The quantitative estimate of drug-likeness (QED) is 0.782. The van der Waals surface area contributed by atoms with Gasteiger partial charge in [0.25, 0.3) is 5.91 Å². The Kier molecular flexibility index (Phi) is 1.83. The van der Waals surface area contributed by atoms with Crippen LogP contribution in [0.2, 0.25) is 0 Å². The van der Waals surface area contributed by atoms with Crippen LogP contribution in [0.15, 0.2) is 22.7 Å². The van der Waals surface area contributed by atoms with Crippen LogP contribution in [0, 0.1) is 0 Å². The second kappa shape index (κ2) is 2.98. The fraction of sp³-hybridized carbons (Fsp3) is 0.364. The van der Waals surface area contributed by atoms with Crippen LogP contribution in [0.3, 0.4) is 0 Å². The number of hydrogen-bond donors (Lipinski definition) is 1. The van der Waals surface area contributed by atoms with Crippen LogP contribution in [-0.4, -0.2) is 18.1 Å². The van der Waals surface area contributed by atoms with Gasteiger partial charge in [-0.05, 0) is 31.0 Å². The molecule has 0 radical (unpaired) electrons. The van der Waals surface area contributed by atoms with Crippen molar-refractivity contribution in [2.24, 2.45) is 0 Å². The molecule has 1 heterocycles. The second-order valence-electron chi connectivity index (χ2n) is 4.11. The Balaban J connectivity index is 2.08. The molecule has 1 aromatic carbocycles. The lowest BCUT2D eigenvalue weighted by atomic mass is 10.2. The van der Waals surface area contributed by atoms with Crippen molar-refractivity contribution in [3.8, 4) is 5.75 Å². The average Bonchev–Trinajstić information content (AvgIpc) is 2.96. The molecule has 1 spiro atoms. The molecule has 3 nitrogen and oxygen atoms in total. The Bertz CT molecular complexity index is 440. The third-order valence-corrected chi connectivity index (χ3v) is 3.39. The van der Waals surface area contributed by atoms with E-state index in [1.54, 1.807) is 6.07 Å². The van der Waals surface area contributed by atoms with Gasteiger partial charge in [-0.1, -0.05) is 15.9 Å². The molecule has 1 amide bonds. The summed E-state index contributed by atoms with van der Waals surface area (Å²) in [6.45, 7) is 0.623. The van der Waals surface area contributed by atoms with Gasteiger partial charge in [0.15, 0.2) is 0 Å². The monoisotopic (exact) mass is 267 g/mol. The fourth-order valence-electron chi connectivity index (χ4n) is 1.79. The third-order valence-electron chi connectivity index (χ3n) is 2.89. The van der Waals surface area contributed by atoms with E-state index in [1.165, 1.54) is 0 Å². The van der Waals surface area contributed by atoms with Gasteiger partial charge >= 0.3 is 0 Å². The summed E-state index contributed by atoms with van der Waals surface area (Å²) in [5.41, 5.74) is 0.504. The maximum Gasteiger partial charge on any atom is 0.255 e. The molecule has 3 rings (SSSR count). The van der Waals surface area contributed by atoms with E-state index in [2.05, 4.69) is 21.2 Å². The van der Waals surface area contributed by atoms with Gasteiger partial charge < -0.3 is 10.1 Å². The molecule has 0 bridgehead atoms. The van der Waals surface area contributed by atoms with Crippen molar-refractivity contribution in [3.05, 3.63) is 28.2 Å². The van der Waals surface area contributed by atoms with Crippen molar-refractivity contribution in [2.45, 2.75) is 18.4 Å². The summed E-state index contributed by atoms with van der Waals surface area (Å²) < 4.78 is 6.83. The number of rotatable bonds is 0. The van der Waals surface area contributed by atoms with Crippen molar-refractivity contribution in [3.63, 3.8) is 0 Å². The number of benzene rings is 1. The zero-order valence-electron chi connectivity index (χ0n) is 8.05. The highest BCUT2D eigenvalue weighted by atomic mass is 79.9. The number of carbonyl (C=O) groups is 1. The number of hydrogen-bond acceptors (Lipinski definition) is 2. The van der Waals surface area contributed by atoms with Gasteiger partial charge in [0.2, 0.25) is 0 Å². The predicted molar refractivity (Wildman–Crippen MR) is 59.1 cm³/mol. The molecular weight excluding hydrogens is 258 g/mol. The molecule has 1 aliphatic heterocycles. The second-order valence-corrected chi connectivity index (χ2v) is 5.02. The SMILES string of the molecule is O=C1NCC2(CC2)Oc2cc(Br)ccc21. The normalized spacial score (nSPS) is 21.3. The van der Waals surface area contributed by atoms with Crippen molar-refractivity contribution in [2.75, 3.05) is 6.54 Å². The number of nitrogens with one attached hydrogen (secondary N) is 1. The molecule has 0 unspecified atom stereocenters. The van der Waals surface area contributed by atoms with E-state index in [-0.39, 0.29) is 11.5 Å². The first-order valence-electron chi connectivity index (χ1n) is 4.95. The molecule has 1 aromatic rings. The predicted octanol–water partition coefficient (Wildman–Crippen LogP) is 2.10. The summed E-state index contributed by atoms with van der Waals surface area (Å²) in [6.07, 6.45) is 2.05. The van der Waals surface area contributed by atoms with Crippen molar-refractivity contribution >= 4 is 21.8 Å². The van der Waals surface area contributed by atoms with Crippen molar-refractivity contribution in [1.29, 1.82) is 0 Å². The first-order chi connectivity index (χ1) is 7.19. The highest BCUT2D eigenvalue weighted by molar-refractivity contribution is 9.10. The molecular formula is C11H10BrNO2. The fourth-order valence-corrected chi connectivity index (χ4v) is 2.13. The Labute approximate surface area is 95.9 Å². The van der Waals surface area contributed by atoms with Crippen LogP contribution < -0.4 is 10.1 Å². The minimum Gasteiger partial charge on any atom is -0.485 e.